The second-order valence-corrected chi connectivity index (χ2v) is 6.88. The molecule has 0 radical (unpaired) electrons. The van der Waals surface area contributed by atoms with Gasteiger partial charge in [0, 0.05) is 10.6 Å². The quantitative estimate of drug-likeness (QED) is 0.642. The van der Waals surface area contributed by atoms with Gasteiger partial charge in [0.1, 0.15) is 5.75 Å². The number of thiocarbonyl (C=S) groups is 1. The van der Waals surface area contributed by atoms with Crippen molar-refractivity contribution in [2.24, 2.45) is 0 Å². The van der Waals surface area contributed by atoms with Crippen molar-refractivity contribution in [1.29, 1.82) is 0 Å². The fourth-order valence-corrected chi connectivity index (χ4v) is 3.55. The third-order valence-electron chi connectivity index (χ3n) is 3.21. The average molecular weight is 392 g/mol. The molecule has 128 valence electrons. The number of halogens is 1. The highest BCUT2D eigenvalue weighted by Crippen LogP contribution is 2.28. The maximum atomic E-state index is 12.3. The molecule has 0 aliphatic rings. The van der Waals surface area contributed by atoms with Crippen molar-refractivity contribution in [2.45, 2.75) is 6.92 Å². The van der Waals surface area contributed by atoms with Gasteiger partial charge in [-0.15, -0.1) is 0 Å². The molecule has 2 N–H and O–H groups in total. The molecular weight excluding hydrogens is 378 g/mol. The number of thiazole rings is 1. The number of nitrogens with one attached hydrogen (secondary N) is 2. The van der Waals surface area contributed by atoms with Gasteiger partial charge in [0.15, 0.2) is 10.2 Å². The summed E-state index contributed by atoms with van der Waals surface area (Å²) in [5.41, 5.74) is 1.28. The molecule has 0 spiro atoms. The van der Waals surface area contributed by atoms with Crippen LogP contribution in [0.15, 0.2) is 42.5 Å². The Labute approximate surface area is 159 Å². The van der Waals surface area contributed by atoms with E-state index in [9.17, 15) is 4.79 Å². The summed E-state index contributed by atoms with van der Waals surface area (Å²) in [4.78, 5) is 16.7. The summed E-state index contributed by atoms with van der Waals surface area (Å²) in [5, 5.41) is 6.97. The lowest BCUT2D eigenvalue weighted by atomic mass is 10.2. The van der Waals surface area contributed by atoms with Gasteiger partial charge in [0.25, 0.3) is 5.91 Å². The highest BCUT2D eigenvalue weighted by atomic mass is 35.5. The first-order chi connectivity index (χ1) is 12.0. The van der Waals surface area contributed by atoms with Crippen LogP contribution in [0.2, 0.25) is 5.02 Å². The second kappa shape index (κ2) is 7.77. The summed E-state index contributed by atoms with van der Waals surface area (Å²) in [5.74, 6) is 0.320. The molecule has 0 saturated carbocycles. The third-order valence-corrected chi connectivity index (χ3v) is 4.58. The van der Waals surface area contributed by atoms with E-state index < -0.39 is 0 Å². The number of aromatic nitrogens is 1. The lowest BCUT2D eigenvalue weighted by Crippen LogP contribution is -2.34. The SMILES string of the molecule is CCOc1cccc(C(=O)NC(=S)Nc2nc3ccc(Cl)cc3s2)c1. The van der Waals surface area contributed by atoms with E-state index in [-0.39, 0.29) is 11.0 Å². The maximum Gasteiger partial charge on any atom is 0.257 e. The zero-order chi connectivity index (χ0) is 17.8. The van der Waals surface area contributed by atoms with Crippen LogP contribution < -0.4 is 15.4 Å². The summed E-state index contributed by atoms with van der Waals surface area (Å²) in [6, 6.07) is 12.4. The minimum Gasteiger partial charge on any atom is -0.494 e. The van der Waals surface area contributed by atoms with Crippen LogP contribution >= 0.6 is 35.2 Å². The number of fused-ring (bicyclic) bond motifs is 1. The largest absolute Gasteiger partial charge is 0.494 e. The van der Waals surface area contributed by atoms with E-state index in [1.54, 1.807) is 30.3 Å². The molecule has 0 aliphatic carbocycles. The van der Waals surface area contributed by atoms with Crippen LogP contribution in [0.3, 0.4) is 0 Å². The van der Waals surface area contributed by atoms with Gasteiger partial charge in [-0.2, -0.15) is 0 Å². The van der Waals surface area contributed by atoms with Gasteiger partial charge in [-0.25, -0.2) is 4.98 Å². The number of benzene rings is 2. The van der Waals surface area contributed by atoms with Crippen LogP contribution in [0.25, 0.3) is 10.2 Å². The second-order valence-electron chi connectivity index (χ2n) is 5.00. The fourth-order valence-electron chi connectivity index (χ4n) is 2.15. The van der Waals surface area contributed by atoms with Gasteiger partial charge in [0.05, 0.1) is 16.8 Å². The van der Waals surface area contributed by atoms with E-state index in [1.807, 2.05) is 19.1 Å². The molecule has 0 unspecified atom stereocenters. The van der Waals surface area contributed by atoms with Crippen LogP contribution in [0.1, 0.15) is 17.3 Å². The molecule has 3 aromatic rings. The van der Waals surface area contributed by atoms with Crippen molar-refractivity contribution in [3.05, 3.63) is 53.1 Å². The molecule has 0 aliphatic heterocycles. The molecule has 0 bridgehead atoms. The zero-order valence-electron chi connectivity index (χ0n) is 13.2. The van der Waals surface area contributed by atoms with Crippen LogP contribution in [-0.4, -0.2) is 22.6 Å². The number of hydrogen-bond donors (Lipinski definition) is 2. The molecule has 0 fully saturated rings. The van der Waals surface area contributed by atoms with E-state index in [1.165, 1.54) is 11.3 Å². The van der Waals surface area contributed by atoms with Gasteiger partial charge < -0.3 is 10.1 Å². The predicted octanol–water partition coefficient (Wildman–Crippen LogP) is 4.48. The first-order valence-electron chi connectivity index (χ1n) is 7.46. The van der Waals surface area contributed by atoms with Gasteiger partial charge in [0.2, 0.25) is 0 Å². The number of amides is 1. The van der Waals surface area contributed by atoms with E-state index in [4.69, 9.17) is 28.6 Å². The molecule has 1 heterocycles. The van der Waals surface area contributed by atoms with E-state index >= 15 is 0 Å². The van der Waals surface area contributed by atoms with Crippen molar-refractivity contribution >= 4 is 61.5 Å². The van der Waals surface area contributed by atoms with Crippen molar-refractivity contribution in [2.75, 3.05) is 11.9 Å². The van der Waals surface area contributed by atoms with Crippen molar-refractivity contribution in [3.63, 3.8) is 0 Å². The number of nitrogens with zero attached hydrogens (tertiary/aromatic N) is 1. The number of carbonyl (C=O) groups is 1. The maximum absolute atomic E-state index is 12.3. The smallest absolute Gasteiger partial charge is 0.257 e. The fraction of sp³-hybridized carbons (Fsp3) is 0.118. The molecule has 0 saturated heterocycles. The standard InChI is InChI=1S/C17H14ClN3O2S2/c1-2-23-12-5-3-4-10(8-12)15(22)20-16(24)21-17-19-13-7-6-11(18)9-14(13)25-17/h3-9H,2H2,1H3,(H2,19,20,21,22,24). The molecule has 3 rings (SSSR count). The molecule has 25 heavy (non-hydrogen) atoms. The Kier molecular flexibility index (Phi) is 5.47. The number of ether oxygens (including phenoxy) is 1. The minimum absolute atomic E-state index is 0.178. The van der Waals surface area contributed by atoms with Crippen molar-refractivity contribution in [1.82, 2.24) is 10.3 Å². The molecule has 1 amide bonds. The van der Waals surface area contributed by atoms with E-state index in [0.29, 0.717) is 28.1 Å². The number of anilines is 1. The summed E-state index contributed by atoms with van der Waals surface area (Å²) < 4.78 is 6.33. The Morgan fingerprint density at radius 2 is 2.16 bits per heavy atom. The van der Waals surface area contributed by atoms with Gasteiger partial charge in [-0.3, -0.25) is 10.1 Å². The van der Waals surface area contributed by atoms with Crippen molar-refractivity contribution in [3.8, 4) is 5.75 Å². The zero-order valence-corrected chi connectivity index (χ0v) is 15.6. The molecule has 1 aromatic heterocycles. The summed E-state index contributed by atoms with van der Waals surface area (Å²) in [6.07, 6.45) is 0. The Morgan fingerprint density at radius 3 is 2.96 bits per heavy atom. The molecule has 8 heteroatoms. The van der Waals surface area contributed by atoms with Gasteiger partial charge in [-0.1, -0.05) is 29.0 Å². The highest BCUT2D eigenvalue weighted by molar-refractivity contribution is 7.80. The van der Waals surface area contributed by atoms with E-state index in [0.717, 1.165) is 10.2 Å². The topological polar surface area (TPSA) is 63.2 Å². The summed E-state index contributed by atoms with van der Waals surface area (Å²) >= 11 is 12.6. The molecular formula is C17H14ClN3O2S2. The monoisotopic (exact) mass is 391 g/mol. The molecule has 5 nitrogen and oxygen atoms in total. The number of carbonyl (C=O) groups excluding carboxylic acids is 1. The Hall–Kier alpha value is -2.22. The van der Waals surface area contributed by atoms with Gasteiger partial charge in [-0.05, 0) is 55.5 Å². The Balaban J connectivity index is 1.66. The first kappa shape index (κ1) is 17.6. The molecule has 2 aromatic carbocycles. The van der Waals surface area contributed by atoms with Crippen LogP contribution in [0, 0.1) is 0 Å². The minimum atomic E-state index is -0.316. The van der Waals surface area contributed by atoms with Crippen molar-refractivity contribution < 1.29 is 9.53 Å². The number of rotatable bonds is 4. The molecule has 0 atom stereocenters. The highest BCUT2D eigenvalue weighted by Gasteiger charge is 2.11. The first-order valence-corrected chi connectivity index (χ1v) is 9.06. The van der Waals surface area contributed by atoms with Crippen LogP contribution in [-0.2, 0) is 0 Å². The average Bonchev–Trinajstić information content (AvgIpc) is 2.96. The predicted molar refractivity (Wildman–Crippen MR) is 106 cm³/mol. The Morgan fingerprint density at radius 1 is 1.32 bits per heavy atom. The third kappa shape index (κ3) is 4.45. The number of hydrogen-bond acceptors (Lipinski definition) is 5. The van der Waals surface area contributed by atoms with Crippen LogP contribution in [0.5, 0.6) is 5.75 Å². The van der Waals surface area contributed by atoms with Gasteiger partial charge >= 0.3 is 0 Å². The lowest BCUT2D eigenvalue weighted by molar-refractivity contribution is 0.0977. The Bertz CT molecular complexity index is 943. The van der Waals surface area contributed by atoms with Crippen LogP contribution in [0.4, 0.5) is 5.13 Å². The summed E-state index contributed by atoms with van der Waals surface area (Å²) in [6.45, 7) is 2.42. The summed E-state index contributed by atoms with van der Waals surface area (Å²) in [7, 11) is 0. The van der Waals surface area contributed by atoms with E-state index in [2.05, 4.69) is 15.6 Å². The lowest BCUT2D eigenvalue weighted by Gasteiger charge is -2.08. The normalized spacial score (nSPS) is 10.5.